The molecular weight excluding hydrogens is 403 g/mol. The van der Waals surface area contributed by atoms with Crippen molar-refractivity contribution in [1.82, 2.24) is 4.57 Å². The van der Waals surface area contributed by atoms with Crippen molar-refractivity contribution in [3.8, 4) is 41.0 Å². The van der Waals surface area contributed by atoms with Gasteiger partial charge in [-0.2, -0.15) is 13.2 Å². The molecule has 160 valence electrons. The lowest BCUT2D eigenvalue weighted by Crippen LogP contribution is -2.19. The van der Waals surface area contributed by atoms with Crippen LogP contribution in [0.2, 0.25) is 0 Å². The third kappa shape index (κ3) is 4.32. The minimum atomic E-state index is -4.46. The number of hydrogen-bond donors (Lipinski definition) is 1. The number of rotatable bonds is 4. The number of aromatic nitrogens is 1. The molecule has 9 heteroatoms. The minimum absolute atomic E-state index is 0.0451. The fourth-order valence-electron chi connectivity index (χ4n) is 3.74. The molecule has 0 fully saturated rings. The Bertz CT molecular complexity index is 994. The van der Waals surface area contributed by atoms with Gasteiger partial charge in [0, 0.05) is 6.54 Å². The van der Waals surface area contributed by atoms with Gasteiger partial charge in [-0.15, -0.1) is 0 Å². The highest BCUT2D eigenvalue weighted by molar-refractivity contribution is 5.85. The Morgan fingerprint density at radius 3 is 2.50 bits per heavy atom. The zero-order valence-electron chi connectivity index (χ0n) is 16.4. The smallest absolute Gasteiger partial charge is 0.494 e. The molecule has 2 aromatic rings. The summed E-state index contributed by atoms with van der Waals surface area (Å²) in [6.45, 7) is 2.46. The van der Waals surface area contributed by atoms with Crippen LogP contribution in [0.25, 0.3) is 11.1 Å². The standard InChI is InChI=1S/C21H20F3NO5/c1-4-28-20(27)30-18-15-7-5-6-8-25(15)19(26)17(18)16-12(2)9-14(10-13(16)3)29-11-21(22,23)24/h1,9-10,26H,5-8,11H2,2-3H3. The van der Waals surface area contributed by atoms with Crippen molar-refractivity contribution >= 4 is 6.16 Å². The van der Waals surface area contributed by atoms with E-state index in [0.29, 0.717) is 35.3 Å². The molecule has 0 aliphatic carbocycles. The second-order valence-electron chi connectivity index (χ2n) is 6.99. The molecule has 0 spiro atoms. The number of benzene rings is 1. The number of alkyl halides is 3. The minimum Gasteiger partial charge on any atom is -0.494 e. The SMILES string of the molecule is C#COC(=O)Oc1c(-c2c(C)cc(OCC(F)(F)F)cc2C)c(O)n2c1CCCC2. The summed E-state index contributed by atoms with van der Waals surface area (Å²) < 4.78 is 53.7. The molecule has 0 bridgehead atoms. The lowest BCUT2D eigenvalue weighted by atomic mass is 9.95. The van der Waals surface area contributed by atoms with E-state index in [9.17, 15) is 23.1 Å². The molecule has 1 aromatic carbocycles. The number of aryl methyl sites for hydroxylation is 2. The number of fused-ring (bicyclic) bond motifs is 1. The Balaban J connectivity index is 2.09. The number of ether oxygens (including phenoxy) is 3. The van der Waals surface area contributed by atoms with Crippen LogP contribution in [0.15, 0.2) is 12.1 Å². The number of nitrogens with zero attached hydrogens (tertiary/aromatic N) is 1. The van der Waals surface area contributed by atoms with Gasteiger partial charge in [-0.25, -0.2) is 4.79 Å². The lowest BCUT2D eigenvalue weighted by Gasteiger charge is -2.16. The van der Waals surface area contributed by atoms with Crippen LogP contribution in [-0.4, -0.2) is 28.6 Å². The van der Waals surface area contributed by atoms with E-state index in [1.54, 1.807) is 24.5 Å². The summed E-state index contributed by atoms with van der Waals surface area (Å²) in [5, 5.41) is 10.9. The first-order valence-electron chi connectivity index (χ1n) is 9.22. The van der Waals surface area contributed by atoms with Gasteiger partial charge in [-0.3, -0.25) is 0 Å². The Kier molecular flexibility index (Phi) is 5.87. The van der Waals surface area contributed by atoms with Crippen molar-refractivity contribution < 1.29 is 37.3 Å². The van der Waals surface area contributed by atoms with Crippen LogP contribution >= 0.6 is 0 Å². The fourth-order valence-corrected chi connectivity index (χ4v) is 3.74. The zero-order chi connectivity index (χ0) is 22.1. The Morgan fingerprint density at radius 2 is 1.90 bits per heavy atom. The second kappa shape index (κ2) is 8.22. The first-order chi connectivity index (χ1) is 14.1. The van der Waals surface area contributed by atoms with Gasteiger partial charge in [0.25, 0.3) is 0 Å². The Labute approximate surface area is 171 Å². The molecule has 0 unspecified atom stereocenters. The Morgan fingerprint density at radius 1 is 1.23 bits per heavy atom. The lowest BCUT2D eigenvalue weighted by molar-refractivity contribution is -0.153. The van der Waals surface area contributed by atoms with Crippen molar-refractivity contribution in [1.29, 1.82) is 0 Å². The van der Waals surface area contributed by atoms with Gasteiger partial charge in [0.1, 0.15) is 11.9 Å². The highest BCUT2D eigenvalue weighted by atomic mass is 19.4. The van der Waals surface area contributed by atoms with Crippen LogP contribution in [0.4, 0.5) is 18.0 Å². The predicted octanol–water partition coefficient (Wildman–Crippen LogP) is 4.86. The number of aromatic hydroxyl groups is 1. The van der Waals surface area contributed by atoms with E-state index < -0.39 is 18.9 Å². The van der Waals surface area contributed by atoms with Crippen LogP contribution in [0.5, 0.6) is 17.4 Å². The predicted molar refractivity (Wildman–Crippen MR) is 101 cm³/mol. The molecule has 0 radical (unpaired) electrons. The molecule has 1 N–H and O–H groups in total. The molecule has 1 aliphatic rings. The second-order valence-corrected chi connectivity index (χ2v) is 6.99. The van der Waals surface area contributed by atoms with Gasteiger partial charge in [-0.05, 0) is 61.9 Å². The summed E-state index contributed by atoms with van der Waals surface area (Å²) >= 11 is 0. The molecule has 0 amide bonds. The molecule has 30 heavy (non-hydrogen) atoms. The van der Waals surface area contributed by atoms with Crippen LogP contribution in [0.3, 0.4) is 0 Å². The maximum absolute atomic E-state index is 12.5. The average molecular weight is 423 g/mol. The van der Waals surface area contributed by atoms with E-state index in [0.717, 1.165) is 12.8 Å². The van der Waals surface area contributed by atoms with Crippen molar-refractivity contribution in [2.75, 3.05) is 6.61 Å². The molecule has 0 atom stereocenters. The van der Waals surface area contributed by atoms with Gasteiger partial charge in [0.15, 0.2) is 12.4 Å². The number of halogens is 3. The van der Waals surface area contributed by atoms with E-state index in [4.69, 9.17) is 15.9 Å². The summed E-state index contributed by atoms with van der Waals surface area (Å²) in [5.41, 5.74) is 2.50. The molecular formula is C21H20F3NO5. The van der Waals surface area contributed by atoms with Crippen LogP contribution in [0, 0.1) is 26.4 Å². The molecule has 1 aliphatic heterocycles. The van der Waals surface area contributed by atoms with Crippen LogP contribution in [0.1, 0.15) is 29.7 Å². The topological polar surface area (TPSA) is 69.9 Å². The van der Waals surface area contributed by atoms with E-state index >= 15 is 0 Å². The molecule has 0 saturated carbocycles. The van der Waals surface area contributed by atoms with Gasteiger partial charge in [0.05, 0.1) is 11.3 Å². The van der Waals surface area contributed by atoms with Gasteiger partial charge >= 0.3 is 12.3 Å². The number of terminal acetylenes is 1. The molecule has 6 nitrogen and oxygen atoms in total. The first kappa shape index (κ1) is 21.4. The zero-order valence-corrected chi connectivity index (χ0v) is 16.4. The third-order valence-electron chi connectivity index (χ3n) is 4.83. The molecule has 3 rings (SSSR count). The van der Waals surface area contributed by atoms with Gasteiger partial charge in [-0.1, -0.05) is 6.42 Å². The summed E-state index contributed by atoms with van der Waals surface area (Å²) in [6.07, 6.45) is 3.39. The summed E-state index contributed by atoms with van der Waals surface area (Å²) in [7, 11) is 0. The van der Waals surface area contributed by atoms with Gasteiger partial charge in [0.2, 0.25) is 5.88 Å². The van der Waals surface area contributed by atoms with E-state index in [1.165, 1.54) is 12.1 Å². The van der Waals surface area contributed by atoms with Crippen molar-refractivity contribution in [3.63, 3.8) is 0 Å². The first-order valence-corrected chi connectivity index (χ1v) is 9.22. The highest BCUT2D eigenvalue weighted by Crippen LogP contribution is 2.48. The Hall–Kier alpha value is -3.28. The van der Waals surface area contributed by atoms with E-state index in [1.807, 2.05) is 0 Å². The van der Waals surface area contributed by atoms with Crippen LogP contribution in [-0.2, 0) is 17.7 Å². The maximum Gasteiger partial charge on any atom is 0.528 e. The quantitative estimate of drug-likeness (QED) is 0.562. The number of carbonyl (C=O) groups is 1. The molecule has 1 aromatic heterocycles. The van der Waals surface area contributed by atoms with Crippen molar-refractivity contribution in [2.24, 2.45) is 0 Å². The number of carbonyl (C=O) groups excluding carboxylic acids is 1. The monoisotopic (exact) mass is 423 g/mol. The van der Waals surface area contributed by atoms with Crippen molar-refractivity contribution in [2.45, 2.75) is 45.8 Å². The van der Waals surface area contributed by atoms with E-state index in [-0.39, 0.29) is 22.9 Å². The van der Waals surface area contributed by atoms with Crippen molar-refractivity contribution in [3.05, 3.63) is 29.0 Å². The van der Waals surface area contributed by atoms with E-state index in [2.05, 4.69) is 4.74 Å². The largest absolute Gasteiger partial charge is 0.528 e. The molecule has 0 saturated heterocycles. The van der Waals surface area contributed by atoms with Crippen LogP contribution < -0.4 is 9.47 Å². The maximum atomic E-state index is 12.5. The molecule has 2 heterocycles. The third-order valence-corrected chi connectivity index (χ3v) is 4.83. The van der Waals surface area contributed by atoms with Gasteiger partial charge < -0.3 is 23.9 Å². The normalized spacial score (nSPS) is 13.3. The highest BCUT2D eigenvalue weighted by Gasteiger charge is 2.31. The number of hydrogen-bond acceptors (Lipinski definition) is 5. The summed E-state index contributed by atoms with van der Waals surface area (Å²) in [6, 6.07) is 2.88. The summed E-state index contributed by atoms with van der Waals surface area (Å²) in [5.74, 6) is 0.0784. The fraction of sp³-hybridized carbons (Fsp3) is 0.381. The average Bonchev–Trinajstić information content (AvgIpc) is 2.92. The summed E-state index contributed by atoms with van der Waals surface area (Å²) in [4.78, 5) is 11.9.